The zero-order valence-electron chi connectivity index (χ0n) is 70.5. The average molecular weight is 1630 g/mol. The summed E-state index contributed by atoms with van der Waals surface area (Å²) in [4.78, 5) is 89.2. The summed E-state index contributed by atoms with van der Waals surface area (Å²) in [5.41, 5.74) is 16.7. The third-order valence-electron chi connectivity index (χ3n) is 21.1. The van der Waals surface area contributed by atoms with Crippen molar-refractivity contribution in [2.75, 3.05) is 13.7 Å². The Labute approximate surface area is 682 Å². The lowest BCUT2D eigenvalue weighted by Gasteiger charge is -2.37. The van der Waals surface area contributed by atoms with Gasteiger partial charge in [0.05, 0.1) is 42.1 Å². The Hall–Kier alpha value is -9.48. The zero-order valence-corrected chi connectivity index (χ0v) is 69.5. The number of aldehydes is 2. The number of aliphatic hydroxyl groups is 1. The minimum absolute atomic E-state index is 0. The molecule has 6 aromatic carbocycles. The number of rotatable bonds is 19. The monoisotopic (exact) mass is 1620 g/mol. The van der Waals surface area contributed by atoms with Gasteiger partial charge < -0.3 is 67.3 Å². The molecule has 0 spiro atoms. The molecule has 10 atom stereocenters. The number of ether oxygens (including phenoxy) is 1. The second-order valence-electron chi connectivity index (χ2n) is 32.6. The highest BCUT2D eigenvalue weighted by atomic mass is 19.4. The molecule has 2 aliphatic heterocycles. The van der Waals surface area contributed by atoms with Crippen LogP contribution in [0.4, 0.5) is 26.3 Å². The number of ketones is 1. The van der Waals surface area contributed by atoms with Crippen LogP contribution in [0.3, 0.4) is 0 Å². The molecule has 1 saturated heterocycles. The van der Waals surface area contributed by atoms with Crippen molar-refractivity contribution in [3.05, 3.63) is 207 Å². The van der Waals surface area contributed by atoms with Gasteiger partial charge in [-0.2, -0.15) is 26.3 Å². The fourth-order valence-corrected chi connectivity index (χ4v) is 15.4. The molecular weight excluding hydrogens is 1500 g/mol. The summed E-state index contributed by atoms with van der Waals surface area (Å²) in [5.74, 6) is -0.951. The second-order valence-corrected chi connectivity index (χ2v) is 32.6. The minimum Gasteiger partial charge on any atom is -0.508 e. The molecule has 116 heavy (non-hydrogen) atoms. The van der Waals surface area contributed by atoms with E-state index in [9.17, 15) is 65.3 Å². The molecule has 12 N–H and O–H groups in total. The Bertz CT molecular complexity index is 4150. The van der Waals surface area contributed by atoms with E-state index in [4.69, 9.17) is 38.5 Å². The highest BCUT2D eigenvalue weighted by molar-refractivity contribution is 5.93. The van der Waals surface area contributed by atoms with Gasteiger partial charge in [0.1, 0.15) is 42.0 Å². The second kappa shape index (κ2) is 47.1. The van der Waals surface area contributed by atoms with Crippen LogP contribution in [0.2, 0.25) is 0 Å². The Balaban J connectivity index is 0.000000388. The van der Waals surface area contributed by atoms with Crippen molar-refractivity contribution in [2.45, 2.75) is 247 Å². The number of amides is 3. The number of aliphatic carboxylic acids is 1. The van der Waals surface area contributed by atoms with Crippen molar-refractivity contribution < 1.29 is 91.5 Å². The van der Waals surface area contributed by atoms with Gasteiger partial charge in [-0.1, -0.05) is 186 Å². The summed E-state index contributed by atoms with van der Waals surface area (Å²) in [7, 11) is 1.68. The Morgan fingerprint density at radius 1 is 0.672 bits per heavy atom. The van der Waals surface area contributed by atoms with Gasteiger partial charge in [-0.3, -0.25) is 28.8 Å². The van der Waals surface area contributed by atoms with Crippen molar-refractivity contribution in [3.8, 4) is 17.2 Å². The first kappa shape index (κ1) is 98.9. The highest BCUT2D eigenvalue weighted by Gasteiger charge is 2.55. The summed E-state index contributed by atoms with van der Waals surface area (Å²) in [6, 6.07) is 42.2. The number of phenols is 3. The number of methoxy groups -OCH3 is 1. The predicted molar refractivity (Wildman–Crippen MR) is 439 cm³/mol. The van der Waals surface area contributed by atoms with Crippen LogP contribution >= 0.6 is 0 Å². The van der Waals surface area contributed by atoms with E-state index in [0.717, 1.165) is 86.3 Å². The van der Waals surface area contributed by atoms with E-state index in [1.807, 2.05) is 84.0 Å². The molecule has 0 saturated carbocycles. The molecule has 1 fully saturated rings. The molecule has 5 aliphatic rings. The number of nitrogens with one attached hydrogen (secondary N) is 2. The van der Waals surface area contributed by atoms with E-state index < -0.39 is 60.0 Å². The third kappa shape index (κ3) is 32.2. The summed E-state index contributed by atoms with van der Waals surface area (Å²) in [6.45, 7) is 29.6. The maximum atomic E-state index is 13.8. The SMILES string of the molecule is CC(C)CC(C)(C)C=O.CC1(C)C[C@@H]2c3cc(O)ccc3C[C@H](N)C(=O)N2C1C(=O)N[C@@H]1CCCc2ccccc21.COC(C)CC(C)(C)C(CC(=O)[C@@H](C)Cc1ccc(O)cc1)C(=O)N[C@@H]1CCCc2ccccc21.C[C@@H](Cc1ccc(O)cc1)C(=O)O.N.O=CC(F)(F)F.OCC(F)(F)F.[2H]CC.[C-]#[N+][C@@H]1CCCc2ccccc21. The number of benzene rings is 6. The van der Waals surface area contributed by atoms with E-state index in [-0.39, 0.29) is 101 Å². The van der Waals surface area contributed by atoms with Crippen molar-refractivity contribution in [1.29, 1.82) is 0 Å². The number of aryl methyl sites for hydroxylation is 3. The molecule has 3 unspecified atom stereocenters. The first-order valence-electron chi connectivity index (χ1n) is 40.0. The number of carbonyl (C=O) groups excluding carboxylic acids is 6. The third-order valence-corrected chi connectivity index (χ3v) is 21.1. The van der Waals surface area contributed by atoms with E-state index in [2.05, 4.69) is 91.7 Å². The van der Waals surface area contributed by atoms with Crippen molar-refractivity contribution >= 4 is 42.0 Å². The molecular formula is C91H124F6N6O13. The molecule has 0 radical (unpaired) electrons. The predicted octanol–water partition coefficient (Wildman–Crippen LogP) is 18.3. The number of carbonyl (C=O) groups is 7. The Morgan fingerprint density at radius 2 is 1.11 bits per heavy atom. The lowest BCUT2D eigenvalue weighted by molar-refractivity contribution is -0.159. The van der Waals surface area contributed by atoms with Crippen LogP contribution in [0.15, 0.2) is 140 Å². The number of hydrogen-bond acceptors (Lipinski definition) is 14. The number of aromatic hydroxyl groups is 3. The van der Waals surface area contributed by atoms with Gasteiger partial charge in [-0.15, -0.1) is 0 Å². The largest absolute Gasteiger partial charge is 0.508 e. The van der Waals surface area contributed by atoms with Crippen molar-refractivity contribution in [2.24, 2.45) is 45.7 Å². The van der Waals surface area contributed by atoms with Crippen molar-refractivity contribution in [3.63, 3.8) is 0 Å². The molecule has 19 nitrogen and oxygen atoms in total. The fourth-order valence-electron chi connectivity index (χ4n) is 15.4. The van der Waals surface area contributed by atoms with Gasteiger partial charge in [0, 0.05) is 38.2 Å². The maximum Gasteiger partial charge on any atom is 0.446 e. The number of carboxylic acids is 1. The van der Waals surface area contributed by atoms with E-state index in [1.165, 1.54) is 39.8 Å². The lowest BCUT2D eigenvalue weighted by atomic mass is 9.71. The minimum atomic E-state index is -4.64. The van der Waals surface area contributed by atoms with Crippen LogP contribution in [-0.2, 0) is 76.8 Å². The van der Waals surface area contributed by atoms with Crippen molar-refractivity contribution in [1.82, 2.24) is 21.7 Å². The topological polar surface area (TPSA) is 323 Å². The van der Waals surface area contributed by atoms with E-state index >= 15 is 0 Å². The number of nitrogens with zero attached hydrogens (tertiary/aromatic N) is 2. The first-order chi connectivity index (χ1) is 54.4. The van der Waals surface area contributed by atoms with Crippen LogP contribution in [0, 0.1) is 46.5 Å². The standard InChI is InChI=1S/C30H41NO4.C26H31N3O3.C11H11N.C10H12O3.C8H16O.C2H3F3O.C2HF3O.C2H6.H3N/c1-20(17-22-13-15-24(32)16-14-22)28(33)18-26(30(3,4)19-21(2)35-5)29(34)31-27-12-8-10-23-9-6-7-11-25(23)27;1-26(2)14-22-19-13-17(30)11-10-16(19)12-20(27)25(32)29(22)23(26)24(31)28-21-9-5-7-15-6-3-4-8-18(15)21;1-12-11-8-4-6-9-5-2-3-7-10(9)11;1-7(10(12)13)6-8-2-4-9(11)5-3-8;1-7(2)5-8(3,4)6-9;2*3-2(4,5)1-6;1-2;/h6-7,9,11,13-16,20-21,26-27,32H,8,10,12,17-19H2,1-5H3,(H,31,34);3-4,6,8,10-11,13,20-23,30H,5,7,9,12,14,27H2,1-2H3,(H,28,31);2-3,5,7,11H,4,6,8H2;2-5,7,11H,6H2,1H3,(H,12,13);6-7H,5H2,1-4H3;6H,1H2;1H;1-2H3;1H3/t20-,21?,26?,27+;20-,21+,22+,23?;11-;7-;;;;;/m0010...../s1/i;;;;;;;1D;. The molecule has 3 aliphatic carbocycles. The molecule has 0 bridgehead atoms. The molecule has 6 aromatic rings. The number of phenolic OH excluding ortho intramolecular Hbond substituents is 3. The van der Waals surface area contributed by atoms with E-state index in [1.54, 1.807) is 74.4 Å². The normalized spacial score (nSPS) is 19.2. The Morgan fingerprint density at radius 3 is 1.54 bits per heavy atom. The molecule has 638 valence electrons. The van der Waals surface area contributed by atoms with Gasteiger partial charge in [-0.25, -0.2) is 6.57 Å². The number of hydrogen-bond donors (Lipinski definition) is 9. The van der Waals surface area contributed by atoms with Crippen LogP contribution in [0.25, 0.3) is 4.85 Å². The number of fused-ring (bicyclic) bond motifs is 6. The zero-order chi connectivity index (χ0) is 87.1. The summed E-state index contributed by atoms with van der Waals surface area (Å²) >= 11 is 0. The quantitative estimate of drug-likeness (QED) is 0.0207. The highest BCUT2D eigenvalue weighted by Crippen LogP contribution is 2.51. The Kier molecular flexibility index (Phi) is 40.1. The van der Waals surface area contributed by atoms with Crippen LogP contribution in [-0.4, -0.2) is 117 Å². The van der Waals surface area contributed by atoms with Gasteiger partial charge >= 0.3 is 18.3 Å². The van der Waals surface area contributed by atoms with Gasteiger partial charge in [-0.05, 0) is 200 Å². The van der Waals surface area contributed by atoms with Crippen LogP contribution < -0.4 is 22.5 Å². The van der Waals surface area contributed by atoms with Crippen LogP contribution in [0.1, 0.15) is 235 Å². The lowest BCUT2D eigenvalue weighted by Crippen LogP contribution is -2.55. The van der Waals surface area contributed by atoms with Crippen LogP contribution in [0.5, 0.6) is 17.2 Å². The smallest absolute Gasteiger partial charge is 0.446 e. The number of aliphatic hydroxyl groups excluding tert-OH is 1. The fraction of sp³-hybridized carbons (Fsp3) is 0.516. The molecule has 3 amide bonds. The summed E-state index contributed by atoms with van der Waals surface area (Å²) in [6.07, 6.45) is 4.21. The molecule has 25 heteroatoms. The molecule has 11 rings (SSSR count). The molecule has 0 aromatic heterocycles. The van der Waals surface area contributed by atoms with E-state index in [0.29, 0.717) is 44.9 Å². The maximum absolute atomic E-state index is 13.8. The van der Waals surface area contributed by atoms with Gasteiger partial charge in [0.25, 0.3) is 0 Å². The number of halogens is 6. The first-order valence-corrected chi connectivity index (χ1v) is 39.3. The van der Waals surface area contributed by atoms with Gasteiger partial charge in [0.2, 0.25) is 30.0 Å². The average Bonchev–Trinajstić information content (AvgIpc) is 1.58. The number of Topliss-reactive ketones (excluding diaryl/α,β-unsaturated/α-hetero) is 1. The number of carboxylic acid groups (broad SMARTS) is 1. The summed E-state index contributed by atoms with van der Waals surface area (Å²) in [5, 5.41) is 51.2. The molecule has 2 heterocycles. The summed E-state index contributed by atoms with van der Waals surface area (Å²) < 4.78 is 74.6. The van der Waals surface area contributed by atoms with Gasteiger partial charge in [0.15, 0.2) is 0 Å². The number of nitrogens with two attached hydrogens (primary N) is 1. The number of alkyl halides is 6.